The van der Waals surface area contributed by atoms with Crippen molar-refractivity contribution in [3.05, 3.63) is 48.0 Å². The number of unbranched alkanes of at least 4 members (excludes halogenated alkanes) is 3. The van der Waals surface area contributed by atoms with Crippen LogP contribution in [0.2, 0.25) is 17.7 Å². The summed E-state index contributed by atoms with van der Waals surface area (Å²) in [6.07, 6.45) is 13.1. The Kier molecular flexibility index (Phi) is 12.6. The van der Waals surface area contributed by atoms with Gasteiger partial charge < -0.3 is 0 Å². The van der Waals surface area contributed by atoms with E-state index < -0.39 is 18.4 Å². The first kappa shape index (κ1) is 22.8. The van der Waals surface area contributed by atoms with Crippen LogP contribution in [0.1, 0.15) is 64.9 Å². The Bertz CT molecular complexity index is 433. The van der Waals surface area contributed by atoms with Gasteiger partial charge in [0.25, 0.3) is 0 Å². The van der Waals surface area contributed by atoms with Gasteiger partial charge in [-0.2, -0.15) is 0 Å². The van der Waals surface area contributed by atoms with Gasteiger partial charge in [-0.3, -0.25) is 0 Å². The summed E-state index contributed by atoms with van der Waals surface area (Å²) in [5.74, 6) is 0. The van der Waals surface area contributed by atoms with Gasteiger partial charge >= 0.3 is 161 Å². The van der Waals surface area contributed by atoms with E-state index in [9.17, 15) is 5.11 Å². The molecule has 0 radical (unpaired) electrons. The Hall–Kier alpha value is -0.281. The number of hydrogen-bond donors (Lipinski definition) is 1. The molecule has 1 aromatic carbocycles. The maximum atomic E-state index is 10.4. The first-order valence-electron chi connectivity index (χ1n) is 10.5. The summed E-state index contributed by atoms with van der Waals surface area (Å²) in [4.78, 5) is 0. The molecule has 0 aliphatic heterocycles. The topological polar surface area (TPSA) is 20.2 Å². The summed E-state index contributed by atoms with van der Waals surface area (Å²) >= 11 is -2.07. The van der Waals surface area contributed by atoms with Crippen LogP contribution in [0, 0.1) is 0 Å². The third-order valence-corrected chi connectivity index (χ3v) is 20.6. The zero-order valence-electron chi connectivity index (χ0n) is 16.8. The normalized spacial score (nSPS) is 13.4. The standard InChI is InChI=1S/C11H13O.3C4H9.Sn/c1-2-6-11(12)9-10-7-4-3-5-8-10;3*1-3-4-2;/h2-8,11-12H,1,9H2;3*1,3-4H2,2H3;/b6-2-;;;;. The van der Waals surface area contributed by atoms with E-state index >= 15 is 0 Å². The summed E-state index contributed by atoms with van der Waals surface area (Å²) in [7, 11) is 0. The zero-order chi connectivity index (χ0) is 18.4. The molecular formula is C23H40OSn. The molecule has 0 aliphatic carbocycles. The Labute approximate surface area is 160 Å². The summed E-state index contributed by atoms with van der Waals surface area (Å²) in [6, 6.07) is 10.3. The molecule has 1 unspecified atom stereocenters. The molecule has 0 saturated heterocycles. The van der Waals surface area contributed by atoms with E-state index in [1.54, 1.807) is 13.3 Å². The Morgan fingerprint density at radius 3 is 1.88 bits per heavy atom. The molecule has 1 aromatic rings. The third kappa shape index (κ3) is 9.84. The Balaban J connectivity index is 2.66. The van der Waals surface area contributed by atoms with Crippen molar-refractivity contribution in [1.82, 2.24) is 0 Å². The second kappa shape index (κ2) is 13.9. The number of rotatable bonds is 14. The Morgan fingerprint density at radius 2 is 1.40 bits per heavy atom. The average molecular weight is 451 g/mol. The summed E-state index contributed by atoms with van der Waals surface area (Å²) in [5, 5.41) is 10.4. The second-order valence-corrected chi connectivity index (χ2v) is 21.7. The van der Waals surface area contributed by atoms with Crippen LogP contribution >= 0.6 is 0 Å². The van der Waals surface area contributed by atoms with Crippen molar-refractivity contribution in [3.63, 3.8) is 0 Å². The number of hydrogen-bond acceptors (Lipinski definition) is 1. The molecule has 0 saturated carbocycles. The Morgan fingerprint density at radius 1 is 0.880 bits per heavy atom. The molecule has 0 spiro atoms. The van der Waals surface area contributed by atoms with Crippen LogP contribution in [-0.2, 0) is 6.42 Å². The van der Waals surface area contributed by atoms with Gasteiger partial charge in [-0.05, 0) is 0 Å². The van der Waals surface area contributed by atoms with Gasteiger partial charge in [0, 0.05) is 0 Å². The molecule has 0 amide bonds. The zero-order valence-corrected chi connectivity index (χ0v) is 19.7. The third-order valence-electron chi connectivity index (χ3n) is 5.38. The van der Waals surface area contributed by atoms with E-state index in [0.29, 0.717) is 0 Å². The summed E-state index contributed by atoms with van der Waals surface area (Å²) < 4.78 is 5.97. The minimum absolute atomic E-state index is 0.338. The van der Waals surface area contributed by atoms with Crippen LogP contribution < -0.4 is 0 Å². The number of benzene rings is 1. The predicted molar refractivity (Wildman–Crippen MR) is 115 cm³/mol. The molecule has 142 valence electrons. The molecule has 0 aromatic heterocycles. The number of aliphatic hydroxyl groups is 1. The van der Waals surface area contributed by atoms with Crippen molar-refractivity contribution in [1.29, 1.82) is 0 Å². The van der Waals surface area contributed by atoms with E-state index in [4.69, 9.17) is 0 Å². The van der Waals surface area contributed by atoms with Crippen molar-refractivity contribution in [3.8, 4) is 0 Å². The minimum atomic E-state index is -2.07. The fourth-order valence-corrected chi connectivity index (χ4v) is 18.9. The average Bonchev–Trinajstić information content (AvgIpc) is 2.63. The molecule has 1 N–H and O–H groups in total. The van der Waals surface area contributed by atoms with Crippen molar-refractivity contribution in [2.75, 3.05) is 0 Å². The maximum absolute atomic E-state index is 10.4. The van der Waals surface area contributed by atoms with Crippen molar-refractivity contribution in [2.24, 2.45) is 0 Å². The van der Waals surface area contributed by atoms with Gasteiger partial charge in [0.2, 0.25) is 0 Å². The van der Waals surface area contributed by atoms with Crippen molar-refractivity contribution in [2.45, 2.75) is 89.6 Å². The molecule has 1 nitrogen and oxygen atoms in total. The predicted octanol–water partition coefficient (Wildman–Crippen LogP) is 7.00. The van der Waals surface area contributed by atoms with Gasteiger partial charge in [0.05, 0.1) is 0 Å². The van der Waals surface area contributed by atoms with Crippen LogP contribution in [0.15, 0.2) is 42.5 Å². The van der Waals surface area contributed by atoms with Crippen LogP contribution in [0.3, 0.4) is 0 Å². The second-order valence-electron chi connectivity index (χ2n) is 7.70. The van der Waals surface area contributed by atoms with Crippen LogP contribution in [-0.4, -0.2) is 29.6 Å². The SMILES string of the molecule is CCC[CH2][Sn]([CH2]/C=C\C(O)Cc1ccccc1)([CH2]CCC)[CH2]CCC. The molecule has 1 rings (SSSR count). The summed E-state index contributed by atoms with van der Waals surface area (Å²) in [5.41, 5.74) is 1.22. The molecule has 0 heterocycles. The van der Waals surface area contributed by atoms with E-state index in [0.717, 1.165) is 6.42 Å². The molecule has 1 atom stereocenters. The van der Waals surface area contributed by atoms with E-state index in [2.05, 4.69) is 45.1 Å². The van der Waals surface area contributed by atoms with Crippen LogP contribution in [0.4, 0.5) is 0 Å². The van der Waals surface area contributed by atoms with Crippen molar-refractivity contribution >= 4 is 18.4 Å². The quantitative estimate of drug-likeness (QED) is 0.239. The number of allylic oxidation sites excluding steroid dienone is 1. The summed E-state index contributed by atoms with van der Waals surface area (Å²) in [6.45, 7) is 6.99. The monoisotopic (exact) mass is 452 g/mol. The first-order valence-corrected chi connectivity index (χ1v) is 18.6. The van der Waals surface area contributed by atoms with E-state index in [1.807, 2.05) is 18.2 Å². The van der Waals surface area contributed by atoms with Gasteiger partial charge in [0.1, 0.15) is 0 Å². The van der Waals surface area contributed by atoms with Gasteiger partial charge in [-0.25, -0.2) is 0 Å². The first-order chi connectivity index (χ1) is 12.2. The molecular weight excluding hydrogens is 411 g/mol. The van der Waals surface area contributed by atoms with Crippen LogP contribution in [0.5, 0.6) is 0 Å². The number of aliphatic hydroxyl groups excluding tert-OH is 1. The molecule has 2 heteroatoms. The van der Waals surface area contributed by atoms with Crippen LogP contribution in [0.25, 0.3) is 0 Å². The van der Waals surface area contributed by atoms with Gasteiger partial charge in [-0.1, -0.05) is 0 Å². The molecule has 0 aliphatic rings. The fourth-order valence-electron chi connectivity index (χ4n) is 3.74. The molecule has 0 fully saturated rings. The van der Waals surface area contributed by atoms with E-state index in [1.165, 1.54) is 48.5 Å². The van der Waals surface area contributed by atoms with Crippen molar-refractivity contribution < 1.29 is 5.11 Å². The van der Waals surface area contributed by atoms with E-state index in [-0.39, 0.29) is 6.10 Å². The fraction of sp³-hybridized carbons (Fsp3) is 0.652. The van der Waals surface area contributed by atoms with Gasteiger partial charge in [0.15, 0.2) is 0 Å². The molecule has 0 bridgehead atoms. The van der Waals surface area contributed by atoms with Gasteiger partial charge in [-0.15, -0.1) is 0 Å². The molecule has 25 heavy (non-hydrogen) atoms.